The molecule has 0 fully saturated rings. The highest BCUT2D eigenvalue weighted by Gasteiger charge is 2.24. The Bertz CT molecular complexity index is 1360. The summed E-state index contributed by atoms with van der Waals surface area (Å²) in [7, 11) is -2.42. The zero-order valence-electron chi connectivity index (χ0n) is 18.8. The highest BCUT2D eigenvalue weighted by molar-refractivity contribution is 7.90. The molecule has 0 bridgehead atoms. The van der Waals surface area contributed by atoms with Crippen molar-refractivity contribution in [2.75, 3.05) is 24.4 Å². The molecule has 0 atom stereocenters. The molecular formula is C22H21ClFN5O4S2. The number of halogens is 2. The maximum Gasteiger partial charge on any atom is 0.284 e. The molecule has 184 valence electrons. The summed E-state index contributed by atoms with van der Waals surface area (Å²) in [5, 5.41) is 9.55. The van der Waals surface area contributed by atoms with Crippen LogP contribution >= 0.6 is 22.9 Å². The lowest BCUT2D eigenvalue weighted by Gasteiger charge is -2.22. The molecule has 0 aliphatic heterocycles. The van der Waals surface area contributed by atoms with E-state index in [1.807, 2.05) is 10.8 Å². The molecule has 13 heteroatoms. The molecule has 0 saturated carbocycles. The summed E-state index contributed by atoms with van der Waals surface area (Å²) in [4.78, 5) is 23.2. The van der Waals surface area contributed by atoms with E-state index in [2.05, 4.69) is 9.97 Å². The van der Waals surface area contributed by atoms with Gasteiger partial charge >= 0.3 is 0 Å². The minimum Gasteiger partial charge on any atom is -0.385 e. The number of amides is 1. The number of methoxy groups -OCH3 is 1. The predicted octanol–water partition coefficient (Wildman–Crippen LogP) is 3.95. The van der Waals surface area contributed by atoms with Gasteiger partial charge in [-0.15, -0.1) is 11.3 Å². The molecular weight excluding hydrogens is 517 g/mol. The lowest BCUT2D eigenvalue weighted by molar-refractivity contribution is 0.0976. The molecule has 1 amide bonds. The molecule has 0 aliphatic carbocycles. The summed E-state index contributed by atoms with van der Waals surface area (Å²) >= 11 is 6.94. The van der Waals surface area contributed by atoms with Gasteiger partial charge in [-0.3, -0.25) is 9.78 Å². The number of thiazole rings is 1. The number of nitriles is 1. The van der Waals surface area contributed by atoms with Gasteiger partial charge in [0.1, 0.15) is 11.5 Å². The number of hydrogen-bond acceptors (Lipinski definition) is 9. The molecule has 2 aromatic heterocycles. The van der Waals surface area contributed by atoms with Crippen molar-refractivity contribution < 1.29 is 22.3 Å². The Morgan fingerprint density at radius 3 is 2.69 bits per heavy atom. The number of hydrogen-bond donors (Lipinski definition) is 1. The molecule has 1 N–H and O–H groups in total. The molecule has 3 rings (SSSR count). The average Bonchev–Trinajstić information content (AvgIpc) is 3.20. The van der Waals surface area contributed by atoms with E-state index in [9.17, 15) is 17.6 Å². The number of ether oxygens (including phenoxy) is 1. The number of carbonyl (C=O) groups excluding carboxylic acids is 1. The van der Waals surface area contributed by atoms with Crippen molar-refractivity contribution in [2.24, 2.45) is 0 Å². The molecule has 35 heavy (non-hydrogen) atoms. The Morgan fingerprint density at radius 1 is 1.34 bits per heavy atom. The van der Waals surface area contributed by atoms with Crippen LogP contribution in [0.5, 0.6) is 0 Å². The van der Waals surface area contributed by atoms with Crippen LogP contribution in [-0.4, -0.2) is 43.8 Å². The molecule has 3 aromatic rings. The second kappa shape index (κ2) is 11.5. The number of anilines is 2. The summed E-state index contributed by atoms with van der Waals surface area (Å²) in [6.07, 6.45) is 1.55. The summed E-state index contributed by atoms with van der Waals surface area (Å²) in [5.74, 6) is -1.76. The fraction of sp³-hybridized carbons (Fsp3) is 0.273. The number of sulfonamides is 1. The molecule has 0 saturated heterocycles. The smallest absolute Gasteiger partial charge is 0.284 e. The van der Waals surface area contributed by atoms with Crippen molar-refractivity contribution in [1.82, 2.24) is 14.7 Å². The number of nitrogens with zero attached hydrogens (tertiary/aromatic N) is 4. The van der Waals surface area contributed by atoms with Gasteiger partial charge in [-0.25, -0.2) is 22.5 Å². The van der Waals surface area contributed by atoms with Crippen molar-refractivity contribution in [1.29, 1.82) is 5.26 Å². The SMILES string of the molecule is COCCCS(=O)(=O)NC(=O)c1nc(N(Cc2ncc(Cl)cc2F)c2ccc(C#N)cc2)sc1C. The molecule has 0 unspecified atom stereocenters. The van der Waals surface area contributed by atoms with Gasteiger partial charge in [-0.1, -0.05) is 11.6 Å². The van der Waals surface area contributed by atoms with Crippen LogP contribution in [0.4, 0.5) is 15.2 Å². The summed E-state index contributed by atoms with van der Waals surface area (Å²) in [6.45, 7) is 1.81. The Balaban J connectivity index is 1.94. The standard InChI is InChI=1S/C22H21ClFN5O4S2/c1-14-20(21(30)28-35(31,32)9-3-8-33-2)27-22(34-14)29(17-6-4-15(11-25)5-7-17)13-19-18(24)10-16(23)12-26-19/h4-7,10,12H,3,8-9,13H2,1-2H3,(H,28,30). The van der Waals surface area contributed by atoms with Crippen molar-refractivity contribution in [2.45, 2.75) is 19.9 Å². The summed E-state index contributed by atoms with van der Waals surface area (Å²) in [6, 6.07) is 9.67. The third kappa shape index (κ3) is 6.95. The normalized spacial score (nSPS) is 11.2. The van der Waals surface area contributed by atoms with Crippen LogP contribution in [0.3, 0.4) is 0 Å². The number of benzene rings is 1. The number of carbonyl (C=O) groups is 1. The first-order valence-electron chi connectivity index (χ1n) is 10.2. The Labute approximate surface area is 211 Å². The van der Waals surface area contributed by atoms with Crippen LogP contribution in [0, 0.1) is 24.1 Å². The zero-order chi connectivity index (χ0) is 25.6. The fourth-order valence-corrected chi connectivity index (χ4v) is 5.09. The van der Waals surface area contributed by atoms with Crippen molar-refractivity contribution >= 4 is 49.7 Å². The molecule has 9 nitrogen and oxygen atoms in total. The lowest BCUT2D eigenvalue weighted by Crippen LogP contribution is -2.33. The Hall–Kier alpha value is -3.11. The van der Waals surface area contributed by atoms with Crippen LogP contribution < -0.4 is 9.62 Å². The molecule has 0 aliphatic rings. The highest BCUT2D eigenvalue weighted by atomic mass is 35.5. The summed E-state index contributed by atoms with van der Waals surface area (Å²) < 4.78 is 45.8. The number of rotatable bonds is 10. The van der Waals surface area contributed by atoms with Gasteiger partial charge in [0.05, 0.1) is 34.6 Å². The number of aromatic nitrogens is 2. The van der Waals surface area contributed by atoms with Crippen LogP contribution in [0.2, 0.25) is 5.02 Å². The molecule has 2 heterocycles. The van der Waals surface area contributed by atoms with Gasteiger partial charge in [-0.05, 0) is 43.7 Å². The van der Waals surface area contributed by atoms with Crippen molar-refractivity contribution in [3.8, 4) is 6.07 Å². The maximum absolute atomic E-state index is 14.5. The molecule has 0 radical (unpaired) electrons. The van der Waals surface area contributed by atoms with E-state index in [0.717, 1.165) is 17.4 Å². The van der Waals surface area contributed by atoms with Crippen LogP contribution in [0.25, 0.3) is 0 Å². The molecule has 1 aromatic carbocycles. The predicted molar refractivity (Wildman–Crippen MR) is 131 cm³/mol. The van der Waals surface area contributed by atoms with Gasteiger partial charge in [-0.2, -0.15) is 5.26 Å². The van der Waals surface area contributed by atoms with E-state index in [0.29, 0.717) is 21.3 Å². The second-order valence-corrected chi connectivity index (χ2v) is 10.8. The van der Waals surface area contributed by atoms with Crippen LogP contribution in [0.1, 0.15) is 33.0 Å². The zero-order valence-corrected chi connectivity index (χ0v) is 21.2. The third-order valence-electron chi connectivity index (χ3n) is 4.74. The number of pyridine rings is 1. The van der Waals surface area contributed by atoms with E-state index in [-0.39, 0.29) is 41.7 Å². The van der Waals surface area contributed by atoms with Crippen LogP contribution in [0.15, 0.2) is 36.5 Å². The van der Waals surface area contributed by atoms with Gasteiger partial charge < -0.3 is 9.64 Å². The van der Waals surface area contributed by atoms with Crippen LogP contribution in [-0.2, 0) is 21.3 Å². The Morgan fingerprint density at radius 2 is 2.06 bits per heavy atom. The number of nitrogens with one attached hydrogen (secondary N) is 1. The van der Waals surface area contributed by atoms with Crippen molar-refractivity contribution in [3.63, 3.8) is 0 Å². The first-order valence-corrected chi connectivity index (χ1v) is 13.1. The van der Waals surface area contributed by atoms with E-state index in [1.165, 1.54) is 13.3 Å². The quantitative estimate of drug-likeness (QED) is 0.385. The topological polar surface area (TPSA) is 125 Å². The lowest BCUT2D eigenvalue weighted by atomic mass is 10.2. The van der Waals surface area contributed by atoms with E-state index in [4.69, 9.17) is 21.6 Å². The monoisotopic (exact) mass is 537 g/mol. The minimum atomic E-state index is -3.88. The average molecular weight is 538 g/mol. The first kappa shape index (κ1) is 26.5. The first-order chi connectivity index (χ1) is 16.6. The van der Waals surface area contributed by atoms with E-state index in [1.54, 1.807) is 36.1 Å². The van der Waals surface area contributed by atoms with Gasteiger partial charge in [0, 0.05) is 30.5 Å². The van der Waals surface area contributed by atoms with Gasteiger partial charge in [0.2, 0.25) is 10.0 Å². The largest absolute Gasteiger partial charge is 0.385 e. The van der Waals surface area contributed by atoms with Crippen molar-refractivity contribution in [3.05, 3.63) is 69.2 Å². The van der Waals surface area contributed by atoms with Gasteiger partial charge in [0.15, 0.2) is 5.13 Å². The molecule has 0 spiro atoms. The maximum atomic E-state index is 14.5. The van der Waals surface area contributed by atoms with E-state index >= 15 is 0 Å². The second-order valence-electron chi connectivity index (χ2n) is 7.32. The third-order valence-corrected chi connectivity index (χ3v) is 7.26. The Kier molecular flexibility index (Phi) is 8.74. The minimum absolute atomic E-state index is 0.0573. The fourth-order valence-electron chi connectivity index (χ4n) is 3.04. The highest BCUT2D eigenvalue weighted by Crippen LogP contribution is 2.33. The number of aryl methyl sites for hydroxylation is 1. The van der Waals surface area contributed by atoms with Gasteiger partial charge in [0.25, 0.3) is 5.91 Å². The summed E-state index contributed by atoms with van der Waals surface area (Å²) in [5.41, 5.74) is 1.01. The van der Waals surface area contributed by atoms with E-state index < -0.39 is 21.7 Å².